The van der Waals surface area contributed by atoms with Gasteiger partial charge in [-0.2, -0.15) is 0 Å². The average Bonchev–Trinajstić information content (AvgIpc) is 2.26. The predicted octanol–water partition coefficient (Wildman–Crippen LogP) is 1.94. The number of halogens is 1. The van der Waals surface area contributed by atoms with Crippen LogP contribution in [0, 0.1) is 3.57 Å². The van der Waals surface area contributed by atoms with Crippen molar-refractivity contribution in [2.45, 2.75) is 13.8 Å². The molecule has 1 aromatic rings. The van der Waals surface area contributed by atoms with Crippen molar-refractivity contribution in [2.75, 3.05) is 31.2 Å². The van der Waals surface area contributed by atoms with Crippen LogP contribution in [-0.2, 0) is 4.74 Å². The molecule has 84 valence electrons. The summed E-state index contributed by atoms with van der Waals surface area (Å²) in [6, 6.07) is 0. The largest absolute Gasteiger partial charge is 0.380 e. The van der Waals surface area contributed by atoms with E-state index in [0.717, 1.165) is 35.7 Å². The molecule has 5 heteroatoms. The maximum absolute atomic E-state index is 5.34. The van der Waals surface area contributed by atoms with E-state index in [9.17, 15) is 0 Å². The Hall–Kier alpha value is -0.430. The van der Waals surface area contributed by atoms with Gasteiger partial charge in [-0.05, 0) is 36.4 Å². The van der Waals surface area contributed by atoms with Gasteiger partial charge in [0.05, 0.1) is 10.2 Å². The number of likely N-dealkylation sites (N-methyl/N-ethyl adjacent to an activating group) is 1. The highest BCUT2D eigenvalue weighted by Gasteiger charge is 2.08. The maximum atomic E-state index is 5.34. The third kappa shape index (κ3) is 3.90. The van der Waals surface area contributed by atoms with Crippen molar-refractivity contribution in [1.82, 2.24) is 9.97 Å². The van der Waals surface area contributed by atoms with E-state index in [4.69, 9.17) is 4.74 Å². The lowest BCUT2D eigenvalue weighted by Crippen LogP contribution is -2.28. The summed E-state index contributed by atoms with van der Waals surface area (Å²) in [6.07, 6.45) is 3.41. The van der Waals surface area contributed by atoms with E-state index in [-0.39, 0.29) is 0 Å². The predicted molar refractivity (Wildman–Crippen MR) is 69.1 cm³/mol. The molecule has 0 aliphatic rings. The van der Waals surface area contributed by atoms with Crippen LogP contribution in [0.1, 0.15) is 13.8 Å². The summed E-state index contributed by atoms with van der Waals surface area (Å²) in [5.41, 5.74) is 0. The van der Waals surface area contributed by atoms with Crippen molar-refractivity contribution >= 4 is 28.4 Å². The first kappa shape index (κ1) is 12.6. The summed E-state index contributed by atoms with van der Waals surface area (Å²) < 4.78 is 6.42. The zero-order chi connectivity index (χ0) is 11.1. The number of nitrogens with zero attached hydrogens (tertiary/aromatic N) is 3. The topological polar surface area (TPSA) is 38.2 Å². The van der Waals surface area contributed by atoms with Crippen LogP contribution in [0.25, 0.3) is 0 Å². The highest BCUT2D eigenvalue weighted by Crippen LogP contribution is 2.17. The molecule has 0 N–H and O–H groups in total. The van der Waals surface area contributed by atoms with Gasteiger partial charge in [0.25, 0.3) is 0 Å². The quantitative estimate of drug-likeness (QED) is 0.593. The van der Waals surface area contributed by atoms with E-state index in [1.807, 2.05) is 13.1 Å². The van der Waals surface area contributed by atoms with Crippen LogP contribution in [0.15, 0.2) is 12.5 Å². The minimum absolute atomic E-state index is 0.740. The molecule has 0 saturated carbocycles. The molecule has 0 atom stereocenters. The summed E-state index contributed by atoms with van der Waals surface area (Å²) in [7, 11) is 0. The molecule has 0 unspecified atom stereocenters. The lowest BCUT2D eigenvalue weighted by Gasteiger charge is -2.22. The molecule has 0 fully saturated rings. The van der Waals surface area contributed by atoms with Crippen LogP contribution < -0.4 is 4.90 Å². The molecule has 15 heavy (non-hydrogen) atoms. The van der Waals surface area contributed by atoms with Crippen molar-refractivity contribution in [1.29, 1.82) is 0 Å². The summed E-state index contributed by atoms with van der Waals surface area (Å²) in [5, 5.41) is 0. The molecule has 0 bridgehead atoms. The first-order valence-electron chi connectivity index (χ1n) is 5.07. The van der Waals surface area contributed by atoms with Gasteiger partial charge in [0.1, 0.15) is 12.1 Å². The number of hydrogen-bond acceptors (Lipinski definition) is 4. The van der Waals surface area contributed by atoms with E-state index < -0.39 is 0 Å². The number of anilines is 1. The fourth-order valence-corrected chi connectivity index (χ4v) is 1.91. The second kappa shape index (κ2) is 6.95. The van der Waals surface area contributed by atoms with E-state index in [1.165, 1.54) is 0 Å². The Morgan fingerprint density at radius 3 is 2.87 bits per heavy atom. The van der Waals surface area contributed by atoms with Crippen molar-refractivity contribution in [2.24, 2.45) is 0 Å². The minimum atomic E-state index is 0.740. The third-order valence-electron chi connectivity index (χ3n) is 2.04. The van der Waals surface area contributed by atoms with Gasteiger partial charge in [-0.25, -0.2) is 9.97 Å². The van der Waals surface area contributed by atoms with Gasteiger partial charge >= 0.3 is 0 Å². The van der Waals surface area contributed by atoms with Crippen molar-refractivity contribution in [3.8, 4) is 0 Å². The molecule has 0 radical (unpaired) electrons. The lowest BCUT2D eigenvalue weighted by atomic mass is 10.4. The Bertz CT molecular complexity index is 296. The molecular formula is C10H16IN3O. The fourth-order valence-electron chi connectivity index (χ4n) is 1.27. The van der Waals surface area contributed by atoms with E-state index >= 15 is 0 Å². The number of ether oxygens (including phenoxy) is 1. The van der Waals surface area contributed by atoms with Crippen LogP contribution in [0.5, 0.6) is 0 Å². The van der Waals surface area contributed by atoms with E-state index in [1.54, 1.807) is 6.33 Å². The number of rotatable bonds is 6. The molecule has 4 nitrogen and oxygen atoms in total. The first-order valence-corrected chi connectivity index (χ1v) is 6.15. The molecule has 0 saturated heterocycles. The van der Waals surface area contributed by atoms with Gasteiger partial charge in [0.2, 0.25) is 0 Å². The Balaban J connectivity index is 2.61. The minimum Gasteiger partial charge on any atom is -0.380 e. The average molecular weight is 321 g/mol. The molecule has 0 aliphatic carbocycles. The van der Waals surface area contributed by atoms with Crippen LogP contribution in [-0.4, -0.2) is 36.3 Å². The Kier molecular flexibility index (Phi) is 5.85. The van der Waals surface area contributed by atoms with Crippen LogP contribution in [0.2, 0.25) is 0 Å². The van der Waals surface area contributed by atoms with E-state index in [0.29, 0.717) is 0 Å². The van der Waals surface area contributed by atoms with Crippen molar-refractivity contribution < 1.29 is 4.74 Å². The highest BCUT2D eigenvalue weighted by atomic mass is 127. The molecular weight excluding hydrogens is 305 g/mol. The molecule has 1 aromatic heterocycles. The third-order valence-corrected chi connectivity index (χ3v) is 2.80. The molecule has 0 spiro atoms. The molecule has 0 aromatic carbocycles. The zero-order valence-electron chi connectivity index (χ0n) is 9.11. The van der Waals surface area contributed by atoms with Crippen LogP contribution >= 0.6 is 22.6 Å². The molecule has 0 aliphatic heterocycles. The summed E-state index contributed by atoms with van der Waals surface area (Å²) >= 11 is 2.25. The maximum Gasteiger partial charge on any atom is 0.145 e. The monoisotopic (exact) mass is 321 g/mol. The SMILES string of the molecule is CCOCCN(CC)c1ncncc1I. The second-order valence-electron chi connectivity index (χ2n) is 2.97. The highest BCUT2D eigenvalue weighted by molar-refractivity contribution is 14.1. The first-order chi connectivity index (χ1) is 7.29. The van der Waals surface area contributed by atoms with E-state index in [2.05, 4.69) is 44.4 Å². The second-order valence-corrected chi connectivity index (χ2v) is 4.13. The standard InChI is InChI=1S/C10H16IN3O/c1-3-14(5-6-15-4-2)10-9(11)7-12-8-13-10/h7-8H,3-6H2,1-2H3. The summed E-state index contributed by atoms with van der Waals surface area (Å²) in [4.78, 5) is 10.5. The van der Waals surface area contributed by atoms with Crippen molar-refractivity contribution in [3.63, 3.8) is 0 Å². The van der Waals surface area contributed by atoms with Gasteiger partial charge in [0.15, 0.2) is 0 Å². The van der Waals surface area contributed by atoms with Crippen molar-refractivity contribution in [3.05, 3.63) is 16.1 Å². The van der Waals surface area contributed by atoms with Gasteiger partial charge in [0, 0.05) is 25.9 Å². The smallest absolute Gasteiger partial charge is 0.145 e. The molecule has 1 rings (SSSR count). The zero-order valence-corrected chi connectivity index (χ0v) is 11.3. The normalized spacial score (nSPS) is 10.3. The summed E-state index contributed by atoms with van der Waals surface area (Å²) in [5.74, 6) is 0.993. The number of aromatic nitrogens is 2. The molecule has 1 heterocycles. The molecule has 0 amide bonds. The van der Waals surface area contributed by atoms with Crippen LogP contribution in [0.3, 0.4) is 0 Å². The lowest BCUT2D eigenvalue weighted by molar-refractivity contribution is 0.154. The fraction of sp³-hybridized carbons (Fsp3) is 0.600. The van der Waals surface area contributed by atoms with Gasteiger partial charge in [-0.15, -0.1) is 0 Å². The Labute approximate surface area is 104 Å². The van der Waals surface area contributed by atoms with Gasteiger partial charge < -0.3 is 9.64 Å². The van der Waals surface area contributed by atoms with Crippen LogP contribution in [0.4, 0.5) is 5.82 Å². The Morgan fingerprint density at radius 2 is 2.27 bits per heavy atom. The summed E-state index contributed by atoms with van der Waals surface area (Å²) in [6.45, 7) is 7.43. The van der Waals surface area contributed by atoms with Gasteiger partial charge in [-0.3, -0.25) is 0 Å². The Morgan fingerprint density at radius 1 is 1.47 bits per heavy atom. The number of hydrogen-bond donors (Lipinski definition) is 0. The van der Waals surface area contributed by atoms with Gasteiger partial charge in [-0.1, -0.05) is 0 Å².